The summed E-state index contributed by atoms with van der Waals surface area (Å²) in [7, 11) is 1.50. The Kier molecular flexibility index (Phi) is 7.18. The van der Waals surface area contributed by atoms with E-state index in [4.69, 9.17) is 27.9 Å². The van der Waals surface area contributed by atoms with Crippen LogP contribution in [0.4, 0.5) is 24.7 Å². The van der Waals surface area contributed by atoms with Crippen LogP contribution in [-0.4, -0.2) is 55.6 Å². The van der Waals surface area contributed by atoms with E-state index in [0.717, 1.165) is 17.8 Å². The molecule has 0 radical (unpaired) electrons. The molecule has 1 amide bonds. The van der Waals surface area contributed by atoms with E-state index in [0.29, 0.717) is 48.5 Å². The number of hydrogen-bond acceptors (Lipinski definition) is 5. The number of alkyl halides is 3. The van der Waals surface area contributed by atoms with Crippen molar-refractivity contribution in [3.63, 3.8) is 0 Å². The largest absolute Gasteiger partial charge is 0.495 e. The molecule has 1 N–H and O–H groups in total. The van der Waals surface area contributed by atoms with E-state index in [1.54, 1.807) is 12.1 Å². The molecule has 1 fully saturated rings. The molecule has 0 aliphatic carbocycles. The van der Waals surface area contributed by atoms with Crippen LogP contribution in [0.25, 0.3) is 0 Å². The fraction of sp³-hybridized carbons (Fsp3) is 0.400. The number of nitrogens with one attached hydrogen (secondary N) is 1. The first-order valence-electron chi connectivity index (χ1n) is 9.42. The summed E-state index contributed by atoms with van der Waals surface area (Å²) in [5, 5.41) is 3.32. The van der Waals surface area contributed by atoms with Gasteiger partial charge in [0.25, 0.3) is 0 Å². The Hall–Kier alpha value is -2.23. The van der Waals surface area contributed by atoms with Crippen molar-refractivity contribution in [3.8, 4) is 5.75 Å². The van der Waals surface area contributed by atoms with Crippen molar-refractivity contribution in [2.75, 3.05) is 50.1 Å². The van der Waals surface area contributed by atoms with Crippen molar-refractivity contribution in [3.05, 3.63) is 45.6 Å². The Morgan fingerprint density at radius 1 is 1.16 bits per heavy atom. The predicted molar refractivity (Wildman–Crippen MR) is 114 cm³/mol. The third-order valence-corrected chi connectivity index (χ3v) is 5.63. The van der Waals surface area contributed by atoms with Gasteiger partial charge in [0.2, 0.25) is 5.91 Å². The molecule has 0 atom stereocenters. The molecule has 0 unspecified atom stereocenters. The van der Waals surface area contributed by atoms with Gasteiger partial charge in [0.15, 0.2) is 0 Å². The molecule has 0 spiro atoms. The Morgan fingerprint density at radius 2 is 1.84 bits per heavy atom. The van der Waals surface area contributed by atoms with E-state index in [-0.39, 0.29) is 17.5 Å². The number of aromatic nitrogens is 1. The molecule has 6 nitrogen and oxygen atoms in total. The zero-order chi connectivity index (χ0) is 22.8. The molecule has 0 bridgehead atoms. The van der Waals surface area contributed by atoms with Crippen molar-refractivity contribution in [1.29, 1.82) is 0 Å². The Morgan fingerprint density at radius 3 is 2.42 bits per heavy atom. The number of ether oxygens (including phenoxy) is 1. The number of carbonyl (C=O) groups is 1. The number of piperazine rings is 1. The number of carbonyl (C=O) groups excluding carboxylic acids is 1. The first-order valence-corrected chi connectivity index (χ1v) is 10.2. The van der Waals surface area contributed by atoms with Crippen LogP contribution in [0.2, 0.25) is 10.0 Å². The molecule has 0 saturated carbocycles. The van der Waals surface area contributed by atoms with Crippen LogP contribution in [0.15, 0.2) is 24.4 Å². The second-order valence-corrected chi connectivity index (χ2v) is 7.95. The SMILES string of the molecule is COc1cc(Cl)c(C)cc1NC(=O)CN1CCN(c2ncc(C(F)(F)F)cc2Cl)CC1. The third-order valence-electron chi connectivity index (χ3n) is 4.94. The lowest BCUT2D eigenvalue weighted by molar-refractivity contribution is -0.137. The summed E-state index contributed by atoms with van der Waals surface area (Å²) in [6, 6.07) is 4.27. The fourth-order valence-corrected chi connectivity index (χ4v) is 3.70. The molecule has 1 aromatic heterocycles. The lowest BCUT2D eigenvalue weighted by Gasteiger charge is -2.35. The maximum atomic E-state index is 12.8. The van der Waals surface area contributed by atoms with E-state index in [1.165, 1.54) is 7.11 Å². The average molecular weight is 477 g/mol. The minimum atomic E-state index is -4.49. The van der Waals surface area contributed by atoms with Gasteiger partial charge < -0.3 is 15.0 Å². The smallest absolute Gasteiger partial charge is 0.417 e. The number of anilines is 2. The number of methoxy groups -OCH3 is 1. The van der Waals surface area contributed by atoms with Gasteiger partial charge in [-0.05, 0) is 24.6 Å². The molecule has 1 saturated heterocycles. The third kappa shape index (κ3) is 5.72. The summed E-state index contributed by atoms with van der Waals surface area (Å²) in [6.45, 7) is 4.01. The molecule has 1 aliphatic heterocycles. The molecular weight excluding hydrogens is 456 g/mol. The van der Waals surface area contributed by atoms with Crippen molar-refractivity contribution >= 4 is 40.6 Å². The van der Waals surface area contributed by atoms with Crippen LogP contribution >= 0.6 is 23.2 Å². The molecular formula is C20H21Cl2F3N4O2. The Bertz CT molecular complexity index is 964. The van der Waals surface area contributed by atoms with Gasteiger partial charge in [-0.2, -0.15) is 13.2 Å². The van der Waals surface area contributed by atoms with E-state index < -0.39 is 11.7 Å². The number of rotatable bonds is 5. The zero-order valence-electron chi connectivity index (χ0n) is 16.9. The van der Waals surface area contributed by atoms with Crippen molar-refractivity contribution < 1.29 is 22.7 Å². The normalized spacial score (nSPS) is 15.1. The quantitative estimate of drug-likeness (QED) is 0.688. The highest BCUT2D eigenvalue weighted by atomic mass is 35.5. The van der Waals surface area contributed by atoms with E-state index in [9.17, 15) is 18.0 Å². The van der Waals surface area contributed by atoms with Gasteiger partial charge in [-0.25, -0.2) is 4.98 Å². The second kappa shape index (κ2) is 9.50. The monoisotopic (exact) mass is 476 g/mol. The van der Waals surface area contributed by atoms with Crippen LogP contribution in [0.3, 0.4) is 0 Å². The average Bonchev–Trinajstić information content (AvgIpc) is 2.70. The maximum Gasteiger partial charge on any atom is 0.417 e. The highest BCUT2D eigenvalue weighted by Crippen LogP contribution is 2.34. The van der Waals surface area contributed by atoms with Crippen LogP contribution in [0.5, 0.6) is 5.75 Å². The zero-order valence-corrected chi connectivity index (χ0v) is 18.4. The number of halogens is 5. The van der Waals surface area contributed by atoms with Crippen LogP contribution in [0.1, 0.15) is 11.1 Å². The van der Waals surface area contributed by atoms with E-state index in [2.05, 4.69) is 10.3 Å². The summed E-state index contributed by atoms with van der Waals surface area (Å²) >= 11 is 12.1. The molecule has 2 heterocycles. The van der Waals surface area contributed by atoms with Gasteiger partial charge in [0.05, 0.1) is 29.9 Å². The van der Waals surface area contributed by atoms with Gasteiger partial charge in [0, 0.05) is 43.5 Å². The maximum absolute atomic E-state index is 12.8. The molecule has 2 aromatic rings. The highest BCUT2D eigenvalue weighted by molar-refractivity contribution is 6.33. The van der Waals surface area contributed by atoms with Gasteiger partial charge >= 0.3 is 6.18 Å². The molecule has 1 aromatic carbocycles. The number of benzene rings is 1. The highest BCUT2D eigenvalue weighted by Gasteiger charge is 2.32. The molecule has 3 rings (SSSR count). The predicted octanol–water partition coefficient (Wildman–Crippen LogP) is 4.48. The number of aryl methyl sites for hydroxylation is 1. The summed E-state index contributed by atoms with van der Waals surface area (Å²) in [6.07, 6.45) is -3.71. The molecule has 11 heteroatoms. The Balaban J connectivity index is 1.57. The van der Waals surface area contributed by atoms with Gasteiger partial charge in [0.1, 0.15) is 11.6 Å². The number of pyridine rings is 1. The first-order chi connectivity index (χ1) is 14.6. The number of nitrogens with zero attached hydrogens (tertiary/aromatic N) is 3. The lowest BCUT2D eigenvalue weighted by Crippen LogP contribution is -2.49. The van der Waals surface area contributed by atoms with Crippen LogP contribution in [-0.2, 0) is 11.0 Å². The van der Waals surface area contributed by atoms with Gasteiger partial charge in [-0.1, -0.05) is 23.2 Å². The minimum absolute atomic E-state index is 0.0498. The summed E-state index contributed by atoms with van der Waals surface area (Å²) in [5.41, 5.74) is 0.463. The van der Waals surface area contributed by atoms with Gasteiger partial charge in [-0.15, -0.1) is 0 Å². The standard InChI is InChI=1S/C20H21Cl2F3N4O2/c1-12-7-16(17(31-2)9-14(12)21)27-18(30)11-28-3-5-29(6-4-28)19-15(22)8-13(10-26-19)20(23,24)25/h7-10H,3-6,11H2,1-2H3,(H,27,30). The van der Waals surface area contributed by atoms with Crippen molar-refractivity contribution in [2.24, 2.45) is 0 Å². The lowest BCUT2D eigenvalue weighted by atomic mass is 10.2. The summed E-state index contributed by atoms with van der Waals surface area (Å²) in [5.74, 6) is 0.566. The van der Waals surface area contributed by atoms with Crippen LogP contribution < -0.4 is 15.0 Å². The summed E-state index contributed by atoms with van der Waals surface area (Å²) < 4.78 is 43.6. The second-order valence-electron chi connectivity index (χ2n) is 7.14. The van der Waals surface area contributed by atoms with E-state index >= 15 is 0 Å². The fourth-order valence-electron chi connectivity index (χ4n) is 3.26. The topological polar surface area (TPSA) is 57.7 Å². The molecule has 31 heavy (non-hydrogen) atoms. The summed E-state index contributed by atoms with van der Waals surface area (Å²) in [4.78, 5) is 20.1. The number of hydrogen-bond donors (Lipinski definition) is 1. The molecule has 168 valence electrons. The Labute approximate surface area is 187 Å². The van der Waals surface area contributed by atoms with E-state index in [1.807, 2.05) is 16.7 Å². The first kappa shape index (κ1) is 23.4. The minimum Gasteiger partial charge on any atom is -0.495 e. The van der Waals surface area contributed by atoms with Crippen LogP contribution in [0, 0.1) is 6.92 Å². The van der Waals surface area contributed by atoms with Crippen molar-refractivity contribution in [2.45, 2.75) is 13.1 Å². The van der Waals surface area contributed by atoms with Gasteiger partial charge in [-0.3, -0.25) is 9.69 Å². The van der Waals surface area contributed by atoms with Crippen molar-refractivity contribution in [1.82, 2.24) is 9.88 Å². The number of amides is 1. The molecule has 1 aliphatic rings.